The molecule has 0 radical (unpaired) electrons. The third-order valence-corrected chi connectivity index (χ3v) is 1.83. The molecular formula is C8H9N5O3. The topological polar surface area (TPSA) is 110 Å². The van der Waals surface area contributed by atoms with Crippen molar-refractivity contribution in [3.05, 3.63) is 22.2 Å². The molecule has 0 aliphatic carbocycles. The highest BCUT2D eigenvalue weighted by Crippen LogP contribution is 2.23. The number of hydrogen-bond acceptors (Lipinski definition) is 6. The van der Waals surface area contributed by atoms with Crippen LogP contribution in [0, 0.1) is 10.1 Å². The van der Waals surface area contributed by atoms with E-state index < -0.39 is 4.92 Å². The maximum absolute atomic E-state index is 10.4. The number of nitrogens with one attached hydrogen (secondary N) is 2. The van der Waals surface area contributed by atoms with E-state index in [1.54, 1.807) is 0 Å². The first-order chi connectivity index (χ1) is 7.70. The first-order valence-corrected chi connectivity index (χ1v) is 4.61. The van der Waals surface area contributed by atoms with E-state index in [0.29, 0.717) is 18.3 Å². The van der Waals surface area contributed by atoms with Crippen molar-refractivity contribution >= 4 is 11.8 Å². The molecule has 84 valence electrons. The highest BCUT2D eigenvalue weighted by atomic mass is 16.6. The quantitative estimate of drug-likeness (QED) is 0.598. The van der Waals surface area contributed by atoms with Crippen LogP contribution in [0.1, 0.15) is 6.92 Å². The molecule has 2 rings (SSSR count). The molecule has 0 spiro atoms. The Morgan fingerprint density at radius 1 is 1.62 bits per heavy atom. The zero-order chi connectivity index (χ0) is 11.5. The maximum Gasteiger partial charge on any atom is 0.433 e. The van der Waals surface area contributed by atoms with Gasteiger partial charge in [-0.05, 0) is 13.0 Å². The summed E-state index contributed by atoms with van der Waals surface area (Å²) in [5.74, 6) is 0.736. The van der Waals surface area contributed by atoms with Gasteiger partial charge in [-0.25, -0.2) is 0 Å². The molecule has 0 unspecified atom stereocenters. The Kier molecular flexibility index (Phi) is 2.54. The Balaban J connectivity index is 2.24. The molecule has 0 aliphatic heterocycles. The van der Waals surface area contributed by atoms with Gasteiger partial charge < -0.3 is 9.73 Å². The minimum absolute atomic E-state index is 0.281. The second-order valence-electron chi connectivity index (χ2n) is 2.93. The van der Waals surface area contributed by atoms with Gasteiger partial charge in [-0.15, -0.1) is 5.10 Å². The van der Waals surface area contributed by atoms with Gasteiger partial charge in [0.15, 0.2) is 11.6 Å². The lowest BCUT2D eigenvalue weighted by atomic mass is 10.4. The van der Waals surface area contributed by atoms with Crippen molar-refractivity contribution in [2.24, 2.45) is 0 Å². The second kappa shape index (κ2) is 4.01. The molecule has 0 saturated carbocycles. The van der Waals surface area contributed by atoms with E-state index in [2.05, 4.69) is 20.5 Å². The highest BCUT2D eigenvalue weighted by molar-refractivity contribution is 5.50. The second-order valence-corrected chi connectivity index (χ2v) is 2.93. The fourth-order valence-corrected chi connectivity index (χ4v) is 1.16. The summed E-state index contributed by atoms with van der Waals surface area (Å²) in [6.45, 7) is 2.60. The van der Waals surface area contributed by atoms with E-state index in [-0.39, 0.29) is 11.6 Å². The monoisotopic (exact) mass is 223 g/mol. The van der Waals surface area contributed by atoms with Gasteiger partial charge in [0.2, 0.25) is 5.95 Å². The number of aromatic amines is 1. The van der Waals surface area contributed by atoms with Gasteiger partial charge >= 0.3 is 5.88 Å². The van der Waals surface area contributed by atoms with E-state index in [0.717, 1.165) is 0 Å². The van der Waals surface area contributed by atoms with E-state index in [1.807, 2.05) is 6.92 Å². The van der Waals surface area contributed by atoms with E-state index in [9.17, 15) is 10.1 Å². The molecule has 2 aromatic rings. The van der Waals surface area contributed by atoms with Crippen LogP contribution in [0.15, 0.2) is 16.5 Å². The van der Waals surface area contributed by atoms with Crippen LogP contribution in [-0.4, -0.2) is 26.6 Å². The summed E-state index contributed by atoms with van der Waals surface area (Å²) in [5, 5.41) is 19.8. The molecule has 0 amide bonds. The van der Waals surface area contributed by atoms with Crippen molar-refractivity contribution in [2.45, 2.75) is 6.92 Å². The smallest absolute Gasteiger partial charge is 0.397 e. The van der Waals surface area contributed by atoms with E-state index in [1.165, 1.54) is 12.1 Å². The molecule has 2 heterocycles. The van der Waals surface area contributed by atoms with Crippen LogP contribution in [0.3, 0.4) is 0 Å². The minimum Gasteiger partial charge on any atom is -0.397 e. The molecule has 8 nitrogen and oxygen atoms in total. The predicted molar refractivity (Wildman–Crippen MR) is 54.9 cm³/mol. The molecule has 16 heavy (non-hydrogen) atoms. The van der Waals surface area contributed by atoms with Crippen LogP contribution in [0.2, 0.25) is 0 Å². The molecule has 0 bridgehead atoms. The third-order valence-electron chi connectivity index (χ3n) is 1.83. The number of nitro groups is 1. The largest absolute Gasteiger partial charge is 0.433 e. The minimum atomic E-state index is -0.606. The lowest BCUT2D eigenvalue weighted by Crippen LogP contribution is -1.97. The highest BCUT2D eigenvalue weighted by Gasteiger charge is 2.15. The summed E-state index contributed by atoms with van der Waals surface area (Å²) >= 11 is 0. The van der Waals surface area contributed by atoms with Crippen LogP contribution in [-0.2, 0) is 0 Å². The van der Waals surface area contributed by atoms with Gasteiger partial charge in [-0.1, -0.05) is 0 Å². The average Bonchev–Trinajstić information content (AvgIpc) is 2.84. The average molecular weight is 223 g/mol. The molecule has 2 aromatic heterocycles. The number of rotatable bonds is 4. The van der Waals surface area contributed by atoms with Gasteiger partial charge in [0.25, 0.3) is 0 Å². The molecule has 0 aliphatic rings. The van der Waals surface area contributed by atoms with Crippen LogP contribution < -0.4 is 5.32 Å². The van der Waals surface area contributed by atoms with Gasteiger partial charge in [0.05, 0.1) is 6.07 Å². The number of furan rings is 1. The van der Waals surface area contributed by atoms with Crippen molar-refractivity contribution in [2.75, 3.05) is 11.9 Å². The van der Waals surface area contributed by atoms with Crippen molar-refractivity contribution in [1.82, 2.24) is 15.2 Å². The first kappa shape index (κ1) is 10.1. The Morgan fingerprint density at radius 2 is 2.44 bits per heavy atom. The molecular weight excluding hydrogens is 214 g/mol. The zero-order valence-corrected chi connectivity index (χ0v) is 8.43. The van der Waals surface area contributed by atoms with Crippen molar-refractivity contribution in [3.63, 3.8) is 0 Å². The SMILES string of the molecule is CCNc1n[nH]c(-c2ccc([N+](=O)[O-])o2)n1. The Labute approximate surface area is 89.8 Å². The van der Waals surface area contributed by atoms with Crippen molar-refractivity contribution < 1.29 is 9.34 Å². The molecule has 2 N–H and O–H groups in total. The van der Waals surface area contributed by atoms with Gasteiger partial charge in [0, 0.05) is 6.54 Å². The van der Waals surface area contributed by atoms with Crippen LogP contribution in [0.5, 0.6) is 0 Å². The summed E-state index contributed by atoms with van der Waals surface area (Å²) in [5.41, 5.74) is 0. The molecule has 0 fully saturated rings. The number of H-pyrrole nitrogens is 1. The van der Waals surface area contributed by atoms with E-state index in [4.69, 9.17) is 4.42 Å². The molecule has 0 atom stereocenters. The fourth-order valence-electron chi connectivity index (χ4n) is 1.16. The van der Waals surface area contributed by atoms with Gasteiger partial charge in [-0.3, -0.25) is 15.2 Å². The summed E-state index contributed by atoms with van der Waals surface area (Å²) in [6.07, 6.45) is 0. The first-order valence-electron chi connectivity index (χ1n) is 4.61. The number of anilines is 1. The summed E-state index contributed by atoms with van der Waals surface area (Å²) in [7, 11) is 0. The predicted octanol–water partition coefficient (Wildman–Crippen LogP) is 1.40. The van der Waals surface area contributed by atoms with Crippen LogP contribution in [0.25, 0.3) is 11.6 Å². The van der Waals surface area contributed by atoms with E-state index >= 15 is 0 Å². The molecule has 0 aromatic carbocycles. The summed E-state index contributed by atoms with van der Waals surface area (Å²) in [4.78, 5) is 13.8. The normalized spacial score (nSPS) is 10.3. The third kappa shape index (κ3) is 1.85. The number of nitrogens with zero attached hydrogens (tertiary/aromatic N) is 3. The molecule has 0 saturated heterocycles. The Bertz CT molecular complexity index is 503. The van der Waals surface area contributed by atoms with Gasteiger partial charge in [0.1, 0.15) is 4.92 Å². The Hall–Kier alpha value is -2.38. The Morgan fingerprint density at radius 3 is 3.06 bits per heavy atom. The van der Waals surface area contributed by atoms with Gasteiger partial charge in [-0.2, -0.15) is 4.98 Å². The van der Waals surface area contributed by atoms with Crippen molar-refractivity contribution in [1.29, 1.82) is 0 Å². The lowest BCUT2D eigenvalue weighted by molar-refractivity contribution is -0.401. The molecule has 8 heteroatoms. The fraction of sp³-hybridized carbons (Fsp3) is 0.250. The number of hydrogen-bond donors (Lipinski definition) is 2. The number of aromatic nitrogens is 3. The van der Waals surface area contributed by atoms with Crippen LogP contribution in [0.4, 0.5) is 11.8 Å². The standard InChI is InChI=1S/C8H9N5O3/c1-2-9-8-10-7(11-12-8)5-3-4-6(16-5)13(14)15/h3-4H,2H2,1H3,(H2,9,10,11,12). The summed E-state index contributed by atoms with van der Waals surface area (Å²) < 4.78 is 4.96. The zero-order valence-electron chi connectivity index (χ0n) is 8.43. The lowest BCUT2D eigenvalue weighted by Gasteiger charge is -1.91. The van der Waals surface area contributed by atoms with Crippen LogP contribution >= 0.6 is 0 Å². The van der Waals surface area contributed by atoms with Crippen molar-refractivity contribution in [3.8, 4) is 11.6 Å². The summed E-state index contributed by atoms with van der Waals surface area (Å²) in [6, 6.07) is 2.74. The maximum atomic E-state index is 10.4.